The molecule has 5 heteroatoms. The Kier molecular flexibility index (Phi) is 5.38. The van der Waals surface area contributed by atoms with E-state index < -0.39 is 5.41 Å². The number of hydrogen-bond acceptors (Lipinski definition) is 3. The summed E-state index contributed by atoms with van der Waals surface area (Å²) < 4.78 is 5.19. The zero-order valence-electron chi connectivity index (χ0n) is 16.7. The molecule has 150 valence electrons. The summed E-state index contributed by atoms with van der Waals surface area (Å²) in [6, 6.07) is 17.3. The zero-order valence-corrected chi connectivity index (χ0v) is 16.7. The van der Waals surface area contributed by atoms with Gasteiger partial charge in [0.2, 0.25) is 11.8 Å². The van der Waals surface area contributed by atoms with Crippen molar-refractivity contribution in [3.05, 3.63) is 71.9 Å². The molecule has 0 spiro atoms. The summed E-state index contributed by atoms with van der Waals surface area (Å²) in [6.07, 6.45) is 5.65. The molecule has 1 atom stereocenters. The average molecular weight is 390 g/mol. The van der Waals surface area contributed by atoms with Gasteiger partial charge in [0.25, 0.3) is 0 Å². The van der Waals surface area contributed by atoms with Gasteiger partial charge in [-0.15, -0.1) is 0 Å². The highest BCUT2D eigenvalue weighted by atomic mass is 16.5. The third-order valence-corrected chi connectivity index (χ3v) is 5.96. The maximum Gasteiger partial charge on any atom is 0.236 e. The molecule has 1 saturated heterocycles. The maximum atomic E-state index is 13.5. The average Bonchev–Trinajstić information content (AvgIpc) is 2.77. The minimum atomic E-state index is -0.652. The highest BCUT2D eigenvalue weighted by Crippen LogP contribution is 2.48. The molecular weight excluding hydrogens is 364 g/mol. The summed E-state index contributed by atoms with van der Waals surface area (Å²) >= 11 is 0. The Morgan fingerprint density at radius 1 is 1.10 bits per heavy atom. The van der Waals surface area contributed by atoms with Crippen LogP contribution in [0.1, 0.15) is 37.7 Å². The van der Waals surface area contributed by atoms with Crippen LogP contribution < -0.4 is 10.1 Å². The van der Waals surface area contributed by atoms with Crippen molar-refractivity contribution < 1.29 is 14.3 Å². The van der Waals surface area contributed by atoms with Crippen LogP contribution in [0.2, 0.25) is 0 Å². The molecule has 29 heavy (non-hydrogen) atoms. The van der Waals surface area contributed by atoms with E-state index in [-0.39, 0.29) is 11.8 Å². The van der Waals surface area contributed by atoms with Crippen molar-refractivity contribution in [1.29, 1.82) is 0 Å². The van der Waals surface area contributed by atoms with Crippen molar-refractivity contribution in [2.24, 2.45) is 5.41 Å². The van der Waals surface area contributed by atoms with E-state index in [2.05, 4.69) is 11.4 Å². The van der Waals surface area contributed by atoms with E-state index >= 15 is 0 Å². The van der Waals surface area contributed by atoms with Crippen molar-refractivity contribution in [2.45, 2.75) is 38.6 Å². The lowest BCUT2D eigenvalue weighted by Crippen LogP contribution is -2.50. The quantitative estimate of drug-likeness (QED) is 0.817. The number of piperidine rings is 1. The highest BCUT2D eigenvalue weighted by Gasteiger charge is 2.49. The van der Waals surface area contributed by atoms with Gasteiger partial charge in [-0.2, -0.15) is 0 Å². The van der Waals surface area contributed by atoms with E-state index in [4.69, 9.17) is 4.74 Å². The van der Waals surface area contributed by atoms with Crippen LogP contribution in [0.3, 0.4) is 0 Å². The van der Waals surface area contributed by atoms with E-state index in [0.29, 0.717) is 19.4 Å². The van der Waals surface area contributed by atoms with Gasteiger partial charge in [0.1, 0.15) is 5.75 Å². The monoisotopic (exact) mass is 390 g/mol. The molecule has 1 fully saturated rings. The lowest BCUT2D eigenvalue weighted by atomic mass is 9.69. The van der Waals surface area contributed by atoms with Crippen molar-refractivity contribution in [3.8, 4) is 5.75 Å². The summed E-state index contributed by atoms with van der Waals surface area (Å²) in [5.74, 6) is 0.811. The van der Waals surface area contributed by atoms with Crippen molar-refractivity contribution >= 4 is 17.5 Å². The van der Waals surface area contributed by atoms with E-state index in [9.17, 15) is 9.59 Å². The Balaban J connectivity index is 1.61. The van der Waals surface area contributed by atoms with Gasteiger partial charge < -0.3 is 15.0 Å². The fourth-order valence-electron chi connectivity index (χ4n) is 4.39. The number of carbonyl (C=O) groups is 2. The SMILES string of the molecule is COc1ccc(NC(=O)C23CCCC=C2N(Cc2ccccc2)C(=O)CC3)cc1. The fourth-order valence-corrected chi connectivity index (χ4v) is 4.39. The van der Waals surface area contributed by atoms with Crippen molar-refractivity contribution in [2.75, 3.05) is 12.4 Å². The first-order valence-corrected chi connectivity index (χ1v) is 10.1. The van der Waals surface area contributed by atoms with Gasteiger partial charge in [0.05, 0.1) is 19.1 Å². The molecular formula is C24H26N2O3. The molecule has 0 aromatic heterocycles. The van der Waals surface area contributed by atoms with Crippen LogP contribution in [0.25, 0.3) is 0 Å². The Labute approximate surface area is 171 Å². The molecule has 0 radical (unpaired) electrons. The van der Waals surface area contributed by atoms with Crippen LogP contribution in [0, 0.1) is 5.41 Å². The van der Waals surface area contributed by atoms with E-state index in [1.165, 1.54) is 0 Å². The second-order valence-corrected chi connectivity index (χ2v) is 7.71. The van der Waals surface area contributed by atoms with Crippen LogP contribution >= 0.6 is 0 Å². The molecule has 2 aromatic rings. The molecule has 1 aliphatic heterocycles. The molecule has 2 amide bonds. The number of rotatable bonds is 5. The number of methoxy groups -OCH3 is 1. The van der Waals surface area contributed by atoms with Crippen molar-refractivity contribution in [1.82, 2.24) is 4.90 Å². The summed E-state index contributed by atoms with van der Waals surface area (Å²) in [6.45, 7) is 0.503. The highest BCUT2D eigenvalue weighted by molar-refractivity contribution is 5.99. The number of nitrogens with one attached hydrogen (secondary N) is 1. The van der Waals surface area contributed by atoms with Gasteiger partial charge in [-0.3, -0.25) is 9.59 Å². The molecule has 5 nitrogen and oxygen atoms in total. The predicted molar refractivity (Wildman–Crippen MR) is 112 cm³/mol. The predicted octanol–water partition coefficient (Wildman–Crippen LogP) is 4.51. The van der Waals surface area contributed by atoms with Crippen LogP contribution in [0.15, 0.2) is 66.4 Å². The summed E-state index contributed by atoms with van der Waals surface area (Å²) in [5, 5.41) is 3.08. The number of benzene rings is 2. The number of allylic oxidation sites excluding steroid dienone is 1. The number of carbonyl (C=O) groups excluding carboxylic acids is 2. The smallest absolute Gasteiger partial charge is 0.236 e. The first-order chi connectivity index (χ1) is 14.1. The number of anilines is 1. The third kappa shape index (κ3) is 3.77. The van der Waals surface area contributed by atoms with Gasteiger partial charge in [-0.1, -0.05) is 36.4 Å². The van der Waals surface area contributed by atoms with Gasteiger partial charge in [0, 0.05) is 17.8 Å². The topological polar surface area (TPSA) is 58.6 Å². The van der Waals surface area contributed by atoms with E-state index in [1.54, 1.807) is 7.11 Å². The number of nitrogens with zero attached hydrogens (tertiary/aromatic N) is 1. The summed E-state index contributed by atoms with van der Waals surface area (Å²) in [4.78, 5) is 28.1. The maximum absolute atomic E-state index is 13.5. The van der Waals surface area contributed by atoms with E-state index in [0.717, 1.165) is 42.0 Å². The Bertz CT molecular complexity index is 921. The Morgan fingerprint density at radius 2 is 1.86 bits per heavy atom. The van der Waals surface area contributed by atoms with Crippen LogP contribution in [0.5, 0.6) is 5.75 Å². The first kappa shape index (κ1) is 19.2. The molecule has 0 saturated carbocycles. The molecule has 2 aliphatic rings. The molecule has 0 bridgehead atoms. The van der Waals surface area contributed by atoms with Gasteiger partial charge in [-0.05, 0) is 55.5 Å². The van der Waals surface area contributed by atoms with Gasteiger partial charge >= 0.3 is 0 Å². The lowest BCUT2D eigenvalue weighted by molar-refractivity contribution is -0.138. The number of amides is 2. The van der Waals surface area contributed by atoms with Gasteiger partial charge in [-0.25, -0.2) is 0 Å². The molecule has 1 unspecified atom stereocenters. The minimum Gasteiger partial charge on any atom is -0.497 e. The Hall–Kier alpha value is -3.08. The number of ether oxygens (including phenoxy) is 1. The van der Waals surface area contributed by atoms with Crippen molar-refractivity contribution in [3.63, 3.8) is 0 Å². The number of likely N-dealkylation sites (tertiary alicyclic amines) is 1. The van der Waals surface area contributed by atoms with E-state index in [1.807, 2.05) is 59.5 Å². The number of hydrogen-bond donors (Lipinski definition) is 1. The van der Waals surface area contributed by atoms with Crippen LogP contribution in [-0.2, 0) is 16.1 Å². The van der Waals surface area contributed by atoms with Crippen LogP contribution in [0.4, 0.5) is 5.69 Å². The largest absolute Gasteiger partial charge is 0.497 e. The third-order valence-electron chi connectivity index (χ3n) is 5.96. The Morgan fingerprint density at radius 3 is 2.59 bits per heavy atom. The van der Waals surface area contributed by atoms with Gasteiger partial charge in [0.15, 0.2) is 0 Å². The second kappa shape index (κ2) is 8.11. The molecule has 1 N–H and O–H groups in total. The summed E-state index contributed by atoms with van der Waals surface area (Å²) in [5.41, 5.74) is 2.02. The zero-order chi connectivity index (χ0) is 20.3. The molecule has 2 aromatic carbocycles. The minimum absolute atomic E-state index is 0.0285. The normalized spacial score (nSPS) is 21.2. The number of fused-ring (bicyclic) bond motifs is 1. The lowest BCUT2D eigenvalue weighted by Gasteiger charge is -2.46. The standard InChI is InChI=1S/C24H26N2O3/c1-29-20-12-10-19(11-13-20)25-23(28)24-15-6-5-9-21(24)26(22(27)14-16-24)17-18-7-3-2-4-8-18/h2-4,7-13H,5-6,14-17H2,1H3,(H,25,28). The molecule has 1 heterocycles. The van der Waals surface area contributed by atoms with Crippen LogP contribution in [-0.4, -0.2) is 23.8 Å². The second-order valence-electron chi connectivity index (χ2n) is 7.71. The molecule has 4 rings (SSSR count). The summed E-state index contributed by atoms with van der Waals surface area (Å²) in [7, 11) is 1.62. The fraction of sp³-hybridized carbons (Fsp3) is 0.333. The molecule has 1 aliphatic carbocycles. The first-order valence-electron chi connectivity index (χ1n) is 10.1.